The highest BCUT2D eigenvalue weighted by molar-refractivity contribution is 6.30. The minimum absolute atomic E-state index is 0.00468. The average molecular weight is 470 g/mol. The van der Waals surface area contributed by atoms with Crippen LogP contribution < -0.4 is 10.7 Å². The number of halogens is 4. The normalized spacial score (nSPS) is 11.5. The van der Waals surface area contributed by atoms with Gasteiger partial charge < -0.3 is 15.3 Å². The fraction of sp³-hybridized carbons (Fsp3) is 0. The van der Waals surface area contributed by atoms with Crippen LogP contribution >= 0.6 is 11.6 Å². The topological polar surface area (TPSA) is 75.7 Å². The van der Waals surface area contributed by atoms with Crippen molar-refractivity contribution in [3.63, 3.8) is 0 Å². The molecule has 2 N–H and O–H groups in total. The van der Waals surface area contributed by atoms with E-state index in [9.17, 15) is 18.0 Å². The van der Waals surface area contributed by atoms with E-state index in [0.29, 0.717) is 10.7 Å². The molecule has 4 rings (SSSR count). The molecule has 166 valence electrons. The highest BCUT2D eigenvalue weighted by atomic mass is 35.5. The number of nitrogens with one attached hydrogen (secondary N) is 2. The van der Waals surface area contributed by atoms with E-state index in [1.54, 1.807) is 24.3 Å². The van der Waals surface area contributed by atoms with Gasteiger partial charge >= 0.3 is 0 Å². The summed E-state index contributed by atoms with van der Waals surface area (Å²) >= 11 is 6.00. The molecule has 0 saturated heterocycles. The zero-order valence-corrected chi connectivity index (χ0v) is 17.5. The minimum Gasteiger partial charge on any atom is -0.354 e. The number of hydrogen-bond donors (Lipinski definition) is 2. The third kappa shape index (κ3) is 4.73. The molecule has 2 aromatic heterocycles. The molecule has 0 spiro atoms. The third-order valence-electron chi connectivity index (χ3n) is 4.63. The number of anilines is 1. The van der Waals surface area contributed by atoms with Crippen LogP contribution in [0.5, 0.6) is 0 Å². The molecule has 33 heavy (non-hydrogen) atoms. The minimum atomic E-state index is -1.05. The van der Waals surface area contributed by atoms with Crippen molar-refractivity contribution in [2.45, 2.75) is 0 Å². The Hall–Kier alpha value is -4.11. The summed E-state index contributed by atoms with van der Waals surface area (Å²) in [6, 6.07) is 11.9. The monoisotopic (exact) mass is 469 g/mol. The predicted molar refractivity (Wildman–Crippen MR) is 121 cm³/mol. The van der Waals surface area contributed by atoms with E-state index >= 15 is 0 Å². The fourth-order valence-corrected chi connectivity index (χ4v) is 3.30. The van der Waals surface area contributed by atoms with Gasteiger partial charge in [-0.15, -0.1) is 0 Å². The lowest BCUT2D eigenvalue weighted by Crippen LogP contribution is -2.19. The maximum Gasteiger partial charge on any atom is 0.209 e. The molecule has 6 nitrogen and oxygen atoms in total. The number of hydrogen-bond acceptors (Lipinski definition) is 4. The molecule has 0 aliphatic carbocycles. The van der Waals surface area contributed by atoms with E-state index in [1.165, 1.54) is 30.5 Å². The van der Waals surface area contributed by atoms with Crippen molar-refractivity contribution in [2.75, 3.05) is 5.32 Å². The standard InChI is InChI=1S/C23H15ClF3N5O/c24-14-2-1-3-15(10-14)29-20(6-8-28)23-22(33)7-9-32(30-23)21-5-4-16(11-17(21)25)31-12-18(26)19(27)13-31/h1-13,28-29H/b20-6-,28-8?. The van der Waals surface area contributed by atoms with Crippen molar-refractivity contribution in [2.24, 2.45) is 0 Å². The van der Waals surface area contributed by atoms with Crippen molar-refractivity contribution < 1.29 is 13.2 Å². The lowest BCUT2D eigenvalue weighted by Gasteiger charge is -2.13. The van der Waals surface area contributed by atoms with Crippen molar-refractivity contribution in [3.05, 3.63) is 112 Å². The molecule has 0 radical (unpaired) electrons. The Morgan fingerprint density at radius 3 is 2.45 bits per heavy atom. The number of rotatable bonds is 6. The van der Waals surface area contributed by atoms with Crippen LogP contribution in [0.4, 0.5) is 18.9 Å². The molecule has 0 saturated carbocycles. The lowest BCUT2D eigenvalue weighted by atomic mass is 10.2. The van der Waals surface area contributed by atoms with Crippen LogP contribution in [-0.4, -0.2) is 20.6 Å². The molecule has 0 atom stereocenters. The first-order valence-electron chi connectivity index (χ1n) is 9.52. The van der Waals surface area contributed by atoms with E-state index < -0.39 is 22.9 Å². The van der Waals surface area contributed by atoms with E-state index in [4.69, 9.17) is 17.0 Å². The van der Waals surface area contributed by atoms with Gasteiger partial charge in [0.25, 0.3) is 0 Å². The molecule has 0 aliphatic rings. The third-order valence-corrected chi connectivity index (χ3v) is 4.86. The second kappa shape index (κ2) is 9.17. The summed E-state index contributed by atoms with van der Waals surface area (Å²) in [5.74, 6) is -2.84. The Balaban J connectivity index is 1.72. The van der Waals surface area contributed by atoms with Gasteiger partial charge in [0.1, 0.15) is 5.69 Å². The van der Waals surface area contributed by atoms with E-state index in [2.05, 4.69) is 10.4 Å². The highest BCUT2D eigenvalue weighted by Gasteiger charge is 2.14. The maximum absolute atomic E-state index is 14.9. The Bertz CT molecular complexity index is 1420. The van der Waals surface area contributed by atoms with Crippen LogP contribution in [0, 0.1) is 22.9 Å². The first-order valence-corrected chi connectivity index (χ1v) is 9.90. The fourth-order valence-electron chi connectivity index (χ4n) is 3.11. The van der Waals surface area contributed by atoms with Crippen LogP contribution in [0.2, 0.25) is 5.02 Å². The van der Waals surface area contributed by atoms with Crippen molar-refractivity contribution in [1.29, 1.82) is 5.41 Å². The molecular weight excluding hydrogens is 455 g/mol. The second-order valence-electron chi connectivity index (χ2n) is 6.85. The van der Waals surface area contributed by atoms with Gasteiger partial charge in [0.2, 0.25) is 5.43 Å². The molecule has 10 heteroatoms. The quantitative estimate of drug-likeness (QED) is 0.381. The molecule has 0 aliphatic heterocycles. The van der Waals surface area contributed by atoms with Crippen LogP contribution in [-0.2, 0) is 0 Å². The molecule has 0 unspecified atom stereocenters. The summed E-state index contributed by atoms with van der Waals surface area (Å²) in [4.78, 5) is 12.5. The molecule has 2 heterocycles. The van der Waals surface area contributed by atoms with Gasteiger partial charge in [0.05, 0.1) is 5.70 Å². The van der Waals surface area contributed by atoms with Crippen LogP contribution in [0.25, 0.3) is 17.1 Å². The summed E-state index contributed by atoms with van der Waals surface area (Å²) in [5, 5.41) is 15.1. The Labute approximate surface area is 190 Å². The van der Waals surface area contributed by atoms with Gasteiger partial charge in [0, 0.05) is 53.3 Å². The Morgan fingerprint density at radius 2 is 1.79 bits per heavy atom. The van der Waals surface area contributed by atoms with Crippen LogP contribution in [0.15, 0.2) is 78.0 Å². The van der Waals surface area contributed by atoms with Crippen molar-refractivity contribution in [3.8, 4) is 11.4 Å². The van der Waals surface area contributed by atoms with Gasteiger partial charge in [-0.05, 0) is 36.4 Å². The lowest BCUT2D eigenvalue weighted by molar-refractivity contribution is 0.516. The summed E-state index contributed by atoms with van der Waals surface area (Å²) in [7, 11) is 0. The predicted octanol–water partition coefficient (Wildman–Crippen LogP) is 5.20. The van der Waals surface area contributed by atoms with E-state index in [1.807, 2.05) is 0 Å². The number of aromatic nitrogens is 3. The molecule has 4 aromatic rings. The maximum atomic E-state index is 14.9. The van der Waals surface area contributed by atoms with Gasteiger partial charge in [-0.3, -0.25) is 4.79 Å². The number of allylic oxidation sites excluding steroid dienone is 1. The zero-order valence-electron chi connectivity index (χ0n) is 16.8. The molecule has 0 fully saturated rings. The SMILES string of the molecule is N=C/C=C(\Nc1cccc(Cl)c1)c1nn(-c2ccc(-n3cc(F)c(F)c3)cc2F)ccc1=O. The largest absolute Gasteiger partial charge is 0.354 e. The highest BCUT2D eigenvalue weighted by Crippen LogP contribution is 2.21. The molecule has 2 aromatic carbocycles. The summed E-state index contributed by atoms with van der Waals surface area (Å²) in [6.07, 6.45) is 5.41. The average Bonchev–Trinajstić information content (AvgIpc) is 3.12. The summed E-state index contributed by atoms with van der Waals surface area (Å²) in [5.41, 5.74) is 0.469. The van der Waals surface area contributed by atoms with Gasteiger partial charge in [0.15, 0.2) is 23.1 Å². The first kappa shape index (κ1) is 22.1. The van der Waals surface area contributed by atoms with E-state index in [0.717, 1.165) is 33.9 Å². The van der Waals surface area contributed by atoms with E-state index in [-0.39, 0.29) is 22.8 Å². The number of nitrogens with zero attached hydrogens (tertiary/aromatic N) is 3. The van der Waals surface area contributed by atoms with Crippen molar-refractivity contribution >= 4 is 29.2 Å². The van der Waals surface area contributed by atoms with Gasteiger partial charge in [-0.2, -0.15) is 5.10 Å². The van der Waals surface area contributed by atoms with Crippen molar-refractivity contribution in [1.82, 2.24) is 14.3 Å². The van der Waals surface area contributed by atoms with Gasteiger partial charge in [-0.25, -0.2) is 17.9 Å². The molecule has 0 amide bonds. The molecule has 0 bridgehead atoms. The molecular formula is C23H15ClF3N5O. The second-order valence-corrected chi connectivity index (χ2v) is 7.29. The summed E-state index contributed by atoms with van der Waals surface area (Å²) < 4.78 is 43.8. The smallest absolute Gasteiger partial charge is 0.209 e. The number of benzene rings is 2. The van der Waals surface area contributed by atoms with Gasteiger partial charge in [-0.1, -0.05) is 17.7 Å². The zero-order chi connectivity index (χ0) is 23.5. The van der Waals surface area contributed by atoms with Crippen LogP contribution in [0.1, 0.15) is 5.69 Å². The Kier molecular flexibility index (Phi) is 6.14. The first-order chi connectivity index (χ1) is 15.9. The Morgan fingerprint density at radius 1 is 1.03 bits per heavy atom. The summed E-state index contributed by atoms with van der Waals surface area (Å²) in [6.45, 7) is 0. The van der Waals surface area contributed by atoms with Crippen LogP contribution in [0.3, 0.4) is 0 Å².